The first kappa shape index (κ1) is 19.3. The molecule has 2 heterocycles. The lowest BCUT2D eigenvalue weighted by atomic mass is 10.2. The molecule has 1 unspecified atom stereocenters. The van der Waals surface area contributed by atoms with E-state index in [0.29, 0.717) is 12.1 Å². The van der Waals surface area contributed by atoms with Gasteiger partial charge >= 0.3 is 0 Å². The molecule has 7 heteroatoms. The van der Waals surface area contributed by atoms with Gasteiger partial charge in [-0.25, -0.2) is 13.5 Å². The Morgan fingerprint density at radius 3 is 2.74 bits per heavy atom. The number of benzene rings is 1. The first-order valence-electron chi connectivity index (χ1n) is 9.01. The molecular weight excluding hydrogens is 360 g/mol. The van der Waals surface area contributed by atoms with Crippen LogP contribution in [0.1, 0.15) is 35.7 Å². The fraction of sp³-hybridized carbons (Fsp3) is 0.300. The summed E-state index contributed by atoms with van der Waals surface area (Å²) < 4.78 is 16.1. The van der Waals surface area contributed by atoms with Crippen LogP contribution in [0.15, 0.2) is 59.9 Å². The largest absolute Gasteiger partial charge is 0.348 e. The zero-order valence-corrected chi connectivity index (χ0v) is 16.4. The second-order valence-electron chi connectivity index (χ2n) is 6.39. The fourth-order valence-corrected chi connectivity index (χ4v) is 3.73. The number of imidazole rings is 1. The summed E-state index contributed by atoms with van der Waals surface area (Å²) in [5.41, 5.74) is 2.35. The minimum absolute atomic E-state index is 0.141. The Kier molecular flexibility index (Phi) is 6.36. The Labute approximate surface area is 161 Å². The van der Waals surface area contributed by atoms with E-state index in [9.17, 15) is 9.00 Å². The molecule has 0 aliphatic rings. The number of carbonyl (C=O) groups excluding carboxylic acids is 1. The van der Waals surface area contributed by atoms with E-state index in [4.69, 9.17) is 0 Å². The van der Waals surface area contributed by atoms with E-state index in [1.807, 2.05) is 52.3 Å². The molecule has 0 bridgehead atoms. The number of aromatic nitrogens is 2. The third-order valence-electron chi connectivity index (χ3n) is 4.34. The van der Waals surface area contributed by atoms with Crippen LogP contribution in [0, 0.1) is 0 Å². The highest BCUT2D eigenvalue weighted by atomic mass is 32.2. The lowest BCUT2D eigenvalue weighted by Crippen LogP contribution is -2.23. The van der Waals surface area contributed by atoms with Gasteiger partial charge in [0, 0.05) is 38.7 Å². The van der Waals surface area contributed by atoms with Gasteiger partial charge < -0.3 is 9.72 Å². The number of rotatable bonds is 8. The molecule has 1 atom stereocenters. The Bertz CT molecular complexity index is 937. The third kappa shape index (κ3) is 4.81. The van der Waals surface area contributed by atoms with Crippen LogP contribution in [0.5, 0.6) is 0 Å². The summed E-state index contributed by atoms with van der Waals surface area (Å²) in [5, 5.41) is 2.91. The van der Waals surface area contributed by atoms with E-state index < -0.39 is 11.0 Å². The Morgan fingerprint density at radius 1 is 1.22 bits per heavy atom. The van der Waals surface area contributed by atoms with Crippen molar-refractivity contribution in [2.45, 2.75) is 31.2 Å². The molecule has 1 amide bonds. The normalized spacial score (nSPS) is 12.4. The minimum Gasteiger partial charge on any atom is -0.348 e. The predicted molar refractivity (Wildman–Crippen MR) is 107 cm³/mol. The molecule has 2 aromatic heterocycles. The van der Waals surface area contributed by atoms with E-state index in [0.717, 1.165) is 35.5 Å². The summed E-state index contributed by atoms with van der Waals surface area (Å²) in [4.78, 5) is 17.3. The molecular formula is C20H24N4O2S. The van der Waals surface area contributed by atoms with Gasteiger partial charge in [-0.2, -0.15) is 0 Å². The Balaban J connectivity index is 1.58. The molecule has 3 rings (SSSR count). The van der Waals surface area contributed by atoms with E-state index in [1.165, 1.54) is 0 Å². The summed E-state index contributed by atoms with van der Waals surface area (Å²) in [6.45, 7) is 3.34. The van der Waals surface area contributed by atoms with Crippen molar-refractivity contribution in [3.63, 3.8) is 0 Å². The second kappa shape index (κ2) is 8.92. The van der Waals surface area contributed by atoms with Gasteiger partial charge in [-0.1, -0.05) is 25.5 Å². The lowest BCUT2D eigenvalue weighted by molar-refractivity contribution is 0.0950. The van der Waals surface area contributed by atoms with Crippen molar-refractivity contribution in [2.24, 2.45) is 0 Å². The number of pyridine rings is 1. The predicted octanol–water partition coefficient (Wildman–Crippen LogP) is 3.02. The molecule has 0 spiro atoms. The molecule has 1 aromatic carbocycles. The van der Waals surface area contributed by atoms with Crippen LogP contribution in [0.4, 0.5) is 0 Å². The number of amides is 1. The van der Waals surface area contributed by atoms with Crippen LogP contribution in [-0.2, 0) is 17.5 Å². The standard InChI is InChI=1S/C20H24N4O2S/c1-3-4-12-23(2)27(26)18-8-5-16(6-9-18)14-22-20(25)17-7-10-19-21-11-13-24(19)15-17/h5-11,13,15H,3-4,12,14H2,1-2H3,(H,22,25). The first-order valence-corrected chi connectivity index (χ1v) is 10.1. The zero-order chi connectivity index (χ0) is 19.2. The maximum atomic E-state index is 12.5. The van der Waals surface area contributed by atoms with Gasteiger partial charge in [-0.15, -0.1) is 0 Å². The maximum absolute atomic E-state index is 12.5. The Morgan fingerprint density at radius 2 is 2.00 bits per heavy atom. The van der Waals surface area contributed by atoms with E-state index in [2.05, 4.69) is 17.2 Å². The van der Waals surface area contributed by atoms with Gasteiger partial charge in [-0.05, 0) is 36.2 Å². The zero-order valence-electron chi connectivity index (χ0n) is 15.6. The second-order valence-corrected chi connectivity index (χ2v) is 7.98. The topological polar surface area (TPSA) is 66.7 Å². The average molecular weight is 385 g/mol. The van der Waals surface area contributed by atoms with Crippen molar-refractivity contribution in [3.05, 3.63) is 66.1 Å². The smallest absolute Gasteiger partial charge is 0.253 e. The van der Waals surface area contributed by atoms with Crippen LogP contribution in [-0.4, -0.2) is 37.4 Å². The van der Waals surface area contributed by atoms with Gasteiger partial charge in [0.25, 0.3) is 5.91 Å². The number of fused-ring (bicyclic) bond motifs is 1. The quantitative estimate of drug-likeness (QED) is 0.649. The lowest BCUT2D eigenvalue weighted by Gasteiger charge is -2.15. The highest BCUT2D eigenvalue weighted by Gasteiger charge is 2.11. The number of hydrogen-bond donors (Lipinski definition) is 1. The minimum atomic E-state index is -1.15. The summed E-state index contributed by atoms with van der Waals surface area (Å²) in [5.74, 6) is -0.141. The van der Waals surface area contributed by atoms with Gasteiger partial charge in [-0.3, -0.25) is 4.79 Å². The van der Waals surface area contributed by atoms with Crippen LogP contribution in [0.3, 0.4) is 0 Å². The van der Waals surface area contributed by atoms with E-state index >= 15 is 0 Å². The number of nitrogens with one attached hydrogen (secondary N) is 1. The number of nitrogens with zero attached hydrogens (tertiary/aromatic N) is 3. The van der Waals surface area contributed by atoms with Gasteiger partial charge in [0.2, 0.25) is 0 Å². The molecule has 0 aliphatic heterocycles. The number of hydrogen-bond acceptors (Lipinski definition) is 3. The molecule has 142 valence electrons. The molecule has 3 aromatic rings. The van der Waals surface area contributed by atoms with Crippen molar-refractivity contribution in [3.8, 4) is 0 Å². The van der Waals surface area contributed by atoms with Gasteiger partial charge in [0.05, 0.1) is 10.5 Å². The molecule has 0 aliphatic carbocycles. The molecule has 0 fully saturated rings. The van der Waals surface area contributed by atoms with Gasteiger partial charge in [0.1, 0.15) is 16.6 Å². The third-order valence-corrected chi connectivity index (χ3v) is 5.76. The molecule has 0 saturated heterocycles. The van der Waals surface area contributed by atoms with Crippen LogP contribution in [0.2, 0.25) is 0 Å². The van der Waals surface area contributed by atoms with Crippen molar-refractivity contribution in [2.75, 3.05) is 13.6 Å². The monoisotopic (exact) mass is 384 g/mol. The molecule has 0 saturated carbocycles. The van der Waals surface area contributed by atoms with Crippen LogP contribution in [0.25, 0.3) is 5.65 Å². The molecule has 1 N–H and O–H groups in total. The van der Waals surface area contributed by atoms with E-state index in [-0.39, 0.29) is 5.91 Å². The highest BCUT2D eigenvalue weighted by molar-refractivity contribution is 7.82. The number of carbonyl (C=O) groups is 1. The fourth-order valence-electron chi connectivity index (χ4n) is 2.71. The van der Waals surface area contributed by atoms with Gasteiger partial charge in [0.15, 0.2) is 0 Å². The van der Waals surface area contributed by atoms with Crippen molar-refractivity contribution in [1.29, 1.82) is 0 Å². The SMILES string of the molecule is CCCCN(C)S(=O)c1ccc(CNC(=O)c2ccc3nccn3c2)cc1. The van der Waals surface area contributed by atoms with Crippen LogP contribution >= 0.6 is 0 Å². The number of unbranched alkanes of at least 4 members (excludes halogenated alkanes) is 1. The highest BCUT2D eigenvalue weighted by Crippen LogP contribution is 2.12. The van der Waals surface area contributed by atoms with Crippen molar-refractivity contribution < 1.29 is 9.00 Å². The summed E-state index contributed by atoms with van der Waals surface area (Å²) >= 11 is 0. The Hall–Kier alpha value is -2.51. The summed E-state index contributed by atoms with van der Waals surface area (Å²) in [7, 11) is 0.719. The van der Waals surface area contributed by atoms with Crippen LogP contribution < -0.4 is 5.32 Å². The average Bonchev–Trinajstić information content (AvgIpc) is 3.17. The van der Waals surface area contributed by atoms with Crippen molar-refractivity contribution >= 4 is 22.5 Å². The van der Waals surface area contributed by atoms with E-state index in [1.54, 1.807) is 18.5 Å². The molecule has 27 heavy (non-hydrogen) atoms. The summed E-state index contributed by atoms with van der Waals surface area (Å²) in [6, 6.07) is 11.1. The molecule has 0 radical (unpaired) electrons. The van der Waals surface area contributed by atoms with Crippen molar-refractivity contribution in [1.82, 2.24) is 19.0 Å². The summed E-state index contributed by atoms with van der Waals surface area (Å²) in [6.07, 6.45) is 7.37. The maximum Gasteiger partial charge on any atom is 0.253 e. The molecule has 6 nitrogen and oxygen atoms in total. The first-order chi connectivity index (χ1) is 13.1.